The van der Waals surface area contributed by atoms with Gasteiger partial charge in [0.1, 0.15) is 6.04 Å². The zero-order chi connectivity index (χ0) is 9.14. The first-order chi connectivity index (χ1) is 5.61. The Labute approximate surface area is 78.1 Å². The van der Waals surface area contributed by atoms with Gasteiger partial charge in [-0.15, -0.1) is 0 Å². The van der Waals surface area contributed by atoms with Crippen molar-refractivity contribution in [2.45, 2.75) is 12.5 Å². The van der Waals surface area contributed by atoms with Crippen molar-refractivity contribution < 1.29 is 9.90 Å². The number of nitrogens with two attached hydrogens (primary N) is 1. The largest absolute Gasteiger partial charge is 0.480 e. The van der Waals surface area contributed by atoms with Gasteiger partial charge in [-0.2, -0.15) is 4.37 Å². The number of nitrogens with zero attached hydrogens (tertiary/aromatic N) is 1. The third-order valence-corrected chi connectivity index (χ3v) is 2.57. The third-order valence-electron chi connectivity index (χ3n) is 1.32. The molecule has 3 N–H and O–H groups in total. The molecule has 0 aliphatic heterocycles. The smallest absolute Gasteiger partial charge is 0.320 e. The van der Waals surface area contributed by atoms with Crippen LogP contribution in [0, 0.1) is 0 Å². The van der Waals surface area contributed by atoms with Gasteiger partial charge in [0, 0.05) is 11.3 Å². The number of rotatable bonds is 3. The van der Waals surface area contributed by atoms with Gasteiger partial charge in [-0.25, -0.2) is 0 Å². The van der Waals surface area contributed by atoms with Gasteiger partial charge in [0.25, 0.3) is 0 Å². The molecule has 0 spiro atoms. The van der Waals surface area contributed by atoms with Crippen LogP contribution in [0.4, 0.5) is 0 Å². The number of hydrogen-bond donors (Lipinski definition) is 2. The summed E-state index contributed by atoms with van der Waals surface area (Å²) in [6.07, 6.45) is 1.72. The molecule has 4 nitrogen and oxygen atoms in total. The normalized spacial score (nSPS) is 12.8. The minimum Gasteiger partial charge on any atom is -0.480 e. The first-order valence-electron chi connectivity index (χ1n) is 3.18. The number of halogens is 1. The van der Waals surface area contributed by atoms with Crippen LogP contribution in [-0.4, -0.2) is 21.5 Å². The van der Waals surface area contributed by atoms with Gasteiger partial charge in [-0.05, 0) is 11.5 Å². The highest BCUT2D eigenvalue weighted by atomic mass is 35.5. The highest BCUT2D eigenvalue weighted by molar-refractivity contribution is 7.06. The average molecular weight is 207 g/mol. The van der Waals surface area contributed by atoms with Crippen LogP contribution in [0.15, 0.2) is 6.20 Å². The van der Waals surface area contributed by atoms with Crippen molar-refractivity contribution >= 4 is 29.1 Å². The van der Waals surface area contributed by atoms with Gasteiger partial charge < -0.3 is 10.8 Å². The number of carbonyl (C=O) groups is 1. The van der Waals surface area contributed by atoms with Crippen molar-refractivity contribution in [3.63, 3.8) is 0 Å². The van der Waals surface area contributed by atoms with Crippen LogP contribution in [0.5, 0.6) is 0 Å². The van der Waals surface area contributed by atoms with Gasteiger partial charge in [-0.3, -0.25) is 4.79 Å². The number of aliphatic carboxylic acids is 1. The Balaban J connectivity index is 2.64. The van der Waals surface area contributed by atoms with E-state index in [9.17, 15) is 4.79 Å². The van der Waals surface area contributed by atoms with Crippen LogP contribution in [0.3, 0.4) is 0 Å². The summed E-state index contributed by atoms with van der Waals surface area (Å²) in [5, 5.41) is 8.97. The standard InChI is InChI=1S/C6H7ClN2O2S/c7-3-2-9-12-5(3)1-4(8)6(10)11/h2,4H,1,8H2,(H,10,11). The molecule has 1 aromatic rings. The lowest BCUT2D eigenvalue weighted by atomic mass is 10.2. The second kappa shape index (κ2) is 3.84. The zero-order valence-electron chi connectivity index (χ0n) is 6.03. The molecule has 0 aliphatic rings. The van der Waals surface area contributed by atoms with E-state index in [-0.39, 0.29) is 6.42 Å². The van der Waals surface area contributed by atoms with E-state index < -0.39 is 12.0 Å². The van der Waals surface area contributed by atoms with Crippen molar-refractivity contribution in [1.29, 1.82) is 0 Å². The Hall–Kier alpha value is -0.650. The fourth-order valence-electron chi connectivity index (χ4n) is 0.674. The predicted molar refractivity (Wildman–Crippen MR) is 46.4 cm³/mol. The van der Waals surface area contributed by atoms with Crippen LogP contribution < -0.4 is 5.73 Å². The van der Waals surface area contributed by atoms with E-state index in [0.717, 1.165) is 0 Å². The Morgan fingerprint density at radius 2 is 2.58 bits per heavy atom. The van der Waals surface area contributed by atoms with E-state index in [2.05, 4.69) is 4.37 Å². The SMILES string of the molecule is NC(Cc1sncc1Cl)C(=O)O. The summed E-state index contributed by atoms with van der Waals surface area (Å²) in [5.74, 6) is -1.03. The second-order valence-electron chi connectivity index (χ2n) is 2.25. The molecule has 0 bridgehead atoms. The molecule has 1 aromatic heterocycles. The Bertz CT molecular complexity index is 289. The first kappa shape index (κ1) is 9.44. The van der Waals surface area contributed by atoms with Crippen molar-refractivity contribution in [3.8, 4) is 0 Å². The molecule has 1 atom stereocenters. The molecule has 0 fully saturated rings. The van der Waals surface area contributed by atoms with E-state index >= 15 is 0 Å². The van der Waals surface area contributed by atoms with E-state index in [1.54, 1.807) is 0 Å². The topological polar surface area (TPSA) is 76.2 Å². The molecule has 0 saturated heterocycles. The first-order valence-corrected chi connectivity index (χ1v) is 4.34. The molecular formula is C6H7ClN2O2S. The highest BCUT2D eigenvalue weighted by Gasteiger charge is 2.15. The maximum atomic E-state index is 10.4. The van der Waals surface area contributed by atoms with E-state index in [1.807, 2.05) is 0 Å². The summed E-state index contributed by atoms with van der Waals surface area (Å²) in [5.41, 5.74) is 5.30. The highest BCUT2D eigenvalue weighted by Crippen LogP contribution is 2.20. The second-order valence-corrected chi connectivity index (χ2v) is 3.54. The molecule has 0 radical (unpaired) electrons. The van der Waals surface area contributed by atoms with Crippen LogP contribution in [0.2, 0.25) is 5.02 Å². The maximum Gasteiger partial charge on any atom is 0.320 e. The molecule has 0 aliphatic carbocycles. The van der Waals surface area contributed by atoms with Gasteiger partial charge in [0.15, 0.2) is 0 Å². The molecule has 1 unspecified atom stereocenters. The maximum absolute atomic E-state index is 10.4. The van der Waals surface area contributed by atoms with Crippen LogP contribution >= 0.6 is 23.1 Å². The molecule has 6 heteroatoms. The summed E-state index contributed by atoms with van der Waals surface area (Å²) in [6.45, 7) is 0. The van der Waals surface area contributed by atoms with E-state index in [4.69, 9.17) is 22.4 Å². The lowest BCUT2D eigenvalue weighted by Crippen LogP contribution is -2.31. The van der Waals surface area contributed by atoms with Gasteiger partial charge >= 0.3 is 5.97 Å². The molecule has 0 aromatic carbocycles. The molecule has 66 valence electrons. The Kier molecular flexibility index (Phi) is 3.02. The quantitative estimate of drug-likeness (QED) is 0.765. The zero-order valence-corrected chi connectivity index (χ0v) is 7.60. The minimum absolute atomic E-state index is 0.235. The van der Waals surface area contributed by atoms with E-state index in [1.165, 1.54) is 17.7 Å². The lowest BCUT2D eigenvalue weighted by Gasteiger charge is -2.02. The molecule has 1 rings (SSSR count). The summed E-state index contributed by atoms with van der Waals surface area (Å²) in [7, 11) is 0. The van der Waals surface area contributed by atoms with Crippen molar-refractivity contribution in [3.05, 3.63) is 16.1 Å². The Morgan fingerprint density at radius 1 is 1.92 bits per heavy atom. The van der Waals surface area contributed by atoms with Crippen molar-refractivity contribution in [2.75, 3.05) is 0 Å². The fraction of sp³-hybridized carbons (Fsp3) is 0.333. The lowest BCUT2D eigenvalue weighted by molar-refractivity contribution is -0.138. The average Bonchev–Trinajstić information content (AvgIpc) is 2.36. The van der Waals surface area contributed by atoms with Crippen LogP contribution in [-0.2, 0) is 11.2 Å². The van der Waals surface area contributed by atoms with Gasteiger partial charge in [0.2, 0.25) is 0 Å². The summed E-state index contributed by atoms with van der Waals surface area (Å²) < 4.78 is 3.80. The fourth-order valence-corrected chi connectivity index (χ4v) is 1.64. The van der Waals surface area contributed by atoms with Crippen LogP contribution in [0.25, 0.3) is 0 Å². The minimum atomic E-state index is -1.03. The summed E-state index contributed by atoms with van der Waals surface area (Å²) in [4.78, 5) is 11.1. The Morgan fingerprint density at radius 3 is 3.00 bits per heavy atom. The monoisotopic (exact) mass is 206 g/mol. The predicted octanol–water partition coefficient (Wildman–Crippen LogP) is 0.751. The summed E-state index contributed by atoms with van der Waals surface area (Å²) >= 11 is 6.86. The van der Waals surface area contributed by atoms with Crippen molar-refractivity contribution in [1.82, 2.24) is 4.37 Å². The molecule has 1 heterocycles. The molecule has 12 heavy (non-hydrogen) atoms. The molecular weight excluding hydrogens is 200 g/mol. The summed E-state index contributed by atoms with van der Waals surface area (Å²) in [6, 6.07) is -0.900. The third kappa shape index (κ3) is 2.17. The number of aromatic nitrogens is 1. The molecule has 0 saturated carbocycles. The van der Waals surface area contributed by atoms with Crippen molar-refractivity contribution in [2.24, 2.45) is 5.73 Å². The number of hydrogen-bond acceptors (Lipinski definition) is 4. The number of carboxylic acids is 1. The number of carboxylic acid groups (broad SMARTS) is 1. The van der Waals surface area contributed by atoms with Gasteiger partial charge in [-0.1, -0.05) is 11.6 Å². The van der Waals surface area contributed by atoms with E-state index in [0.29, 0.717) is 9.90 Å². The van der Waals surface area contributed by atoms with Crippen LogP contribution in [0.1, 0.15) is 4.88 Å². The molecule has 0 amide bonds. The van der Waals surface area contributed by atoms with Gasteiger partial charge in [0.05, 0.1) is 11.2 Å².